The van der Waals surface area contributed by atoms with Gasteiger partial charge in [-0.25, -0.2) is 0 Å². The van der Waals surface area contributed by atoms with Crippen LogP contribution in [0.5, 0.6) is 11.5 Å². The summed E-state index contributed by atoms with van der Waals surface area (Å²) in [7, 11) is 0. The van der Waals surface area contributed by atoms with E-state index in [2.05, 4.69) is 28.5 Å². The highest BCUT2D eigenvalue weighted by atomic mass is 32.2. The molecule has 2 amide bonds. The van der Waals surface area contributed by atoms with Crippen LogP contribution in [0.4, 0.5) is 5.69 Å². The number of para-hydroxylation sites is 1. The zero-order chi connectivity index (χ0) is 23.9. The number of thioether (sulfide) groups is 1. The van der Waals surface area contributed by atoms with Crippen molar-refractivity contribution in [2.24, 2.45) is 0 Å². The Balaban J connectivity index is 1.35. The van der Waals surface area contributed by atoms with Crippen molar-refractivity contribution in [3.8, 4) is 17.2 Å². The van der Waals surface area contributed by atoms with Crippen LogP contribution in [0.2, 0.25) is 0 Å². The van der Waals surface area contributed by atoms with E-state index in [4.69, 9.17) is 9.47 Å². The molecular weight excluding hydrogens is 454 g/mol. The number of aryl methyl sites for hydroxylation is 1. The molecule has 0 radical (unpaired) electrons. The Bertz CT molecular complexity index is 1170. The molecule has 2 heterocycles. The van der Waals surface area contributed by atoms with Gasteiger partial charge in [0.2, 0.25) is 11.8 Å². The van der Waals surface area contributed by atoms with Crippen LogP contribution >= 0.6 is 11.8 Å². The lowest BCUT2D eigenvalue weighted by Crippen LogP contribution is -2.38. The highest BCUT2D eigenvalue weighted by Crippen LogP contribution is 2.32. The molecule has 178 valence electrons. The molecule has 0 spiro atoms. The van der Waals surface area contributed by atoms with E-state index in [0.717, 1.165) is 12.1 Å². The summed E-state index contributed by atoms with van der Waals surface area (Å²) in [5.74, 6) is 0.969. The van der Waals surface area contributed by atoms with E-state index in [1.54, 1.807) is 24.5 Å². The Hall–Kier alpha value is -3.53. The molecular formula is C24H27N5O4S. The van der Waals surface area contributed by atoms with Gasteiger partial charge in [-0.3, -0.25) is 14.2 Å². The number of aromatic nitrogens is 3. The minimum absolute atomic E-state index is 0.0459. The van der Waals surface area contributed by atoms with Crippen LogP contribution in [-0.4, -0.2) is 63.5 Å². The van der Waals surface area contributed by atoms with Crippen LogP contribution in [0.25, 0.3) is 5.69 Å². The zero-order valence-electron chi connectivity index (χ0n) is 19.2. The van der Waals surface area contributed by atoms with Crippen molar-refractivity contribution in [1.29, 1.82) is 0 Å². The third-order valence-corrected chi connectivity index (χ3v) is 6.30. The fraction of sp³-hybridized carbons (Fsp3) is 0.333. The molecule has 34 heavy (non-hydrogen) atoms. The number of benzene rings is 2. The maximum Gasteiger partial charge on any atom is 0.243 e. The number of fused-ring (bicyclic) bond motifs is 1. The Labute approximate surface area is 202 Å². The van der Waals surface area contributed by atoms with Crippen LogP contribution in [-0.2, 0) is 16.0 Å². The Morgan fingerprint density at radius 2 is 1.91 bits per heavy atom. The molecule has 1 aliphatic rings. The van der Waals surface area contributed by atoms with Gasteiger partial charge in [-0.1, -0.05) is 36.9 Å². The topological polar surface area (TPSA) is 98.6 Å². The second kappa shape index (κ2) is 11.1. The monoisotopic (exact) mass is 481 g/mol. The van der Waals surface area contributed by atoms with Crippen molar-refractivity contribution < 1.29 is 19.1 Å². The standard InChI is InChI=1S/C24H27N5O4S/c1-3-17-7-5-6-8-19(17)29-16-25-27-24(29)34-15-23(31)28(4-2)14-22(30)26-18-9-10-20-21(13-18)33-12-11-32-20/h5-10,13,16H,3-4,11-12,14-15H2,1-2H3,(H,26,30). The lowest BCUT2D eigenvalue weighted by Gasteiger charge is -2.21. The van der Waals surface area contributed by atoms with Gasteiger partial charge in [0.05, 0.1) is 18.0 Å². The number of hydrogen-bond acceptors (Lipinski definition) is 7. The van der Waals surface area contributed by atoms with Gasteiger partial charge in [-0.05, 0) is 37.1 Å². The molecule has 3 aromatic rings. The number of rotatable bonds is 9. The van der Waals surface area contributed by atoms with E-state index in [9.17, 15) is 9.59 Å². The molecule has 9 nitrogen and oxygen atoms in total. The molecule has 1 aromatic heterocycles. The molecule has 1 N–H and O–H groups in total. The van der Waals surface area contributed by atoms with E-state index in [1.807, 2.05) is 29.7 Å². The molecule has 0 saturated heterocycles. The largest absolute Gasteiger partial charge is 0.486 e. The second-order valence-electron chi connectivity index (χ2n) is 7.57. The number of nitrogens with one attached hydrogen (secondary N) is 1. The van der Waals surface area contributed by atoms with Gasteiger partial charge in [-0.2, -0.15) is 0 Å². The fourth-order valence-electron chi connectivity index (χ4n) is 3.62. The predicted molar refractivity (Wildman–Crippen MR) is 130 cm³/mol. The highest BCUT2D eigenvalue weighted by Gasteiger charge is 2.19. The summed E-state index contributed by atoms with van der Waals surface area (Å²) in [6.45, 7) is 5.29. The van der Waals surface area contributed by atoms with Crippen molar-refractivity contribution >= 4 is 29.3 Å². The van der Waals surface area contributed by atoms with Gasteiger partial charge in [0.15, 0.2) is 16.7 Å². The fourth-order valence-corrected chi connectivity index (χ4v) is 4.45. The SMILES string of the molecule is CCc1ccccc1-n1cnnc1SCC(=O)N(CC)CC(=O)Nc1ccc2c(c1)OCCO2. The Kier molecular flexibility index (Phi) is 7.69. The van der Waals surface area contributed by atoms with Crippen LogP contribution in [0.3, 0.4) is 0 Å². The van der Waals surface area contributed by atoms with Crippen LogP contribution < -0.4 is 14.8 Å². The molecule has 0 unspecified atom stereocenters. The minimum Gasteiger partial charge on any atom is -0.486 e. The summed E-state index contributed by atoms with van der Waals surface area (Å²) in [5.41, 5.74) is 2.76. The first-order valence-electron chi connectivity index (χ1n) is 11.2. The van der Waals surface area contributed by atoms with Gasteiger partial charge in [0.1, 0.15) is 19.5 Å². The molecule has 0 aliphatic carbocycles. The van der Waals surface area contributed by atoms with Crippen molar-refractivity contribution in [2.75, 3.05) is 37.4 Å². The van der Waals surface area contributed by atoms with Gasteiger partial charge in [0.25, 0.3) is 0 Å². The third kappa shape index (κ3) is 5.51. The molecule has 10 heteroatoms. The number of hydrogen-bond donors (Lipinski definition) is 1. The lowest BCUT2D eigenvalue weighted by atomic mass is 10.1. The van der Waals surface area contributed by atoms with E-state index < -0.39 is 0 Å². The zero-order valence-corrected chi connectivity index (χ0v) is 20.0. The average Bonchev–Trinajstić information content (AvgIpc) is 3.34. The van der Waals surface area contributed by atoms with Crippen molar-refractivity contribution in [3.63, 3.8) is 0 Å². The lowest BCUT2D eigenvalue weighted by molar-refractivity contribution is -0.132. The Morgan fingerprint density at radius 3 is 2.71 bits per heavy atom. The first-order chi connectivity index (χ1) is 16.6. The number of ether oxygens (including phenoxy) is 2. The summed E-state index contributed by atoms with van der Waals surface area (Å²) in [4.78, 5) is 27.0. The van der Waals surface area contributed by atoms with Crippen LogP contribution in [0.15, 0.2) is 53.9 Å². The summed E-state index contributed by atoms with van der Waals surface area (Å²) in [5, 5.41) is 11.7. The number of anilines is 1. The summed E-state index contributed by atoms with van der Waals surface area (Å²) < 4.78 is 12.9. The number of amides is 2. The summed E-state index contributed by atoms with van der Waals surface area (Å²) in [6.07, 6.45) is 2.53. The van der Waals surface area contributed by atoms with E-state index in [-0.39, 0.29) is 24.1 Å². The van der Waals surface area contributed by atoms with E-state index >= 15 is 0 Å². The quantitative estimate of drug-likeness (QED) is 0.469. The number of nitrogens with zero attached hydrogens (tertiary/aromatic N) is 4. The first-order valence-corrected chi connectivity index (χ1v) is 12.2. The van der Waals surface area contributed by atoms with E-state index in [1.165, 1.54) is 22.2 Å². The molecule has 0 bridgehead atoms. The molecule has 0 saturated carbocycles. The third-order valence-electron chi connectivity index (χ3n) is 5.37. The highest BCUT2D eigenvalue weighted by molar-refractivity contribution is 7.99. The minimum atomic E-state index is -0.281. The smallest absolute Gasteiger partial charge is 0.243 e. The van der Waals surface area contributed by atoms with E-state index in [0.29, 0.717) is 42.1 Å². The van der Waals surface area contributed by atoms with Gasteiger partial charge >= 0.3 is 0 Å². The van der Waals surface area contributed by atoms with Gasteiger partial charge < -0.3 is 19.7 Å². The van der Waals surface area contributed by atoms with Gasteiger partial charge in [-0.15, -0.1) is 10.2 Å². The van der Waals surface area contributed by atoms with Crippen molar-refractivity contribution in [2.45, 2.75) is 25.4 Å². The van der Waals surface area contributed by atoms with Crippen LogP contribution in [0, 0.1) is 0 Å². The normalized spacial score (nSPS) is 12.3. The summed E-state index contributed by atoms with van der Waals surface area (Å²) >= 11 is 1.30. The number of carbonyl (C=O) groups excluding carboxylic acids is 2. The molecule has 1 aliphatic heterocycles. The second-order valence-corrected chi connectivity index (χ2v) is 8.51. The predicted octanol–water partition coefficient (Wildman–Crippen LogP) is 3.18. The van der Waals surface area contributed by atoms with Crippen molar-refractivity contribution in [1.82, 2.24) is 19.7 Å². The number of likely N-dealkylation sites (N-methyl/N-ethyl adjacent to an activating group) is 1. The molecule has 0 fully saturated rings. The first kappa shape index (κ1) is 23.6. The Morgan fingerprint density at radius 1 is 1.12 bits per heavy atom. The molecule has 0 atom stereocenters. The molecule has 4 rings (SSSR count). The van der Waals surface area contributed by atoms with Gasteiger partial charge in [0, 0.05) is 18.3 Å². The number of carbonyl (C=O) groups is 2. The molecule has 2 aromatic carbocycles. The maximum absolute atomic E-state index is 12.9. The maximum atomic E-state index is 12.9. The van der Waals surface area contributed by atoms with Crippen LogP contribution in [0.1, 0.15) is 19.4 Å². The average molecular weight is 482 g/mol. The van der Waals surface area contributed by atoms with Crippen molar-refractivity contribution in [3.05, 3.63) is 54.4 Å². The summed E-state index contributed by atoms with van der Waals surface area (Å²) in [6, 6.07) is 13.3.